The predicted molar refractivity (Wildman–Crippen MR) is 129 cm³/mol. The number of alkyl halides is 3. The van der Waals surface area contributed by atoms with Gasteiger partial charge in [-0.2, -0.15) is 13.2 Å². The average molecular weight is 533 g/mol. The third-order valence-electron chi connectivity index (χ3n) is 6.52. The lowest BCUT2D eigenvalue weighted by Crippen LogP contribution is -2.42. The van der Waals surface area contributed by atoms with Gasteiger partial charge >= 0.3 is 6.18 Å². The molecule has 1 amide bonds. The normalized spacial score (nSPS) is 20.2. The van der Waals surface area contributed by atoms with Crippen LogP contribution < -0.4 is 5.32 Å². The highest BCUT2D eigenvalue weighted by molar-refractivity contribution is 7.16. The number of thiophene rings is 1. The number of carbonyl (C=O) groups excluding carboxylic acids is 1. The SMILES string of the molecule is CCC(CC)NC(=O)c1sc(C2=NOC(c3cc(Cl)cc(Cl)c3)(C(F)(F)F)C2)c2c1CCCC2. The van der Waals surface area contributed by atoms with Crippen molar-refractivity contribution >= 4 is 46.2 Å². The van der Waals surface area contributed by atoms with Gasteiger partial charge in [-0.3, -0.25) is 4.79 Å². The van der Waals surface area contributed by atoms with Gasteiger partial charge in [0.05, 0.1) is 16.2 Å². The lowest BCUT2D eigenvalue weighted by Gasteiger charge is -2.29. The van der Waals surface area contributed by atoms with E-state index in [1.165, 1.54) is 29.5 Å². The zero-order valence-corrected chi connectivity index (χ0v) is 21.1. The first-order chi connectivity index (χ1) is 16.1. The first-order valence-corrected chi connectivity index (χ1v) is 12.9. The predicted octanol–water partition coefficient (Wildman–Crippen LogP) is 7.43. The van der Waals surface area contributed by atoms with Gasteiger partial charge in [0.25, 0.3) is 11.5 Å². The van der Waals surface area contributed by atoms with Gasteiger partial charge in [0.2, 0.25) is 0 Å². The van der Waals surface area contributed by atoms with Crippen LogP contribution in [-0.4, -0.2) is 23.8 Å². The number of halogens is 5. The molecule has 2 aromatic rings. The van der Waals surface area contributed by atoms with E-state index in [0.717, 1.165) is 43.2 Å². The van der Waals surface area contributed by atoms with Crippen molar-refractivity contribution in [2.75, 3.05) is 0 Å². The second-order valence-corrected chi connectivity index (χ2v) is 10.6. The zero-order valence-electron chi connectivity index (χ0n) is 18.8. The van der Waals surface area contributed by atoms with Crippen LogP contribution in [-0.2, 0) is 23.3 Å². The van der Waals surface area contributed by atoms with Crippen LogP contribution >= 0.6 is 34.5 Å². The quantitative estimate of drug-likeness (QED) is 0.420. The van der Waals surface area contributed by atoms with E-state index in [2.05, 4.69) is 10.5 Å². The van der Waals surface area contributed by atoms with Crippen molar-refractivity contribution in [1.82, 2.24) is 5.32 Å². The molecular weight excluding hydrogens is 508 g/mol. The summed E-state index contributed by atoms with van der Waals surface area (Å²) in [4.78, 5) is 19.4. The minimum atomic E-state index is -4.76. The second kappa shape index (κ2) is 9.70. The molecule has 10 heteroatoms. The summed E-state index contributed by atoms with van der Waals surface area (Å²) in [6.45, 7) is 4.01. The minimum Gasteiger partial charge on any atom is -0.374 e. The van der Waals surface area contributed by atoms with Crippen LogP contribution in [0.5, 0.6) is 0 Å². The van der Waals surface area contributed by atoms with Gasteiger partial charge in [0, 0.05) is 21.7 Å². The summed E-state index contributed by atoms with van der Waals surface area (Å²) in [6.07, 6.45) is -0.413. The van der Waals surface area contributed by atoms with Crippen molar-refractivity contribution in [3.05, 3.63) is 54.7 Å². The van der Waals surface area contributed by atoms with Crippen LogP contribution in [0.2, 0.25) is 10.0 Å². The molecule has 1 aliphatic heterocycles. The first-order valence-electron chi connectivity index (χ1n) is 11.3. The van der Waals surface area contributed by atoms with Crippen molar-refractivity contribution in [2.24, 2.45) is 5.16 Å². The molecule has 1 aromatic heterocycles. The van der Waals surface area contributed by atoms with Gasteiger partial charge in [-0.1, -0.05) is 42.2 Å². The molecule has 1 aliphatic carbocycles. The lowest BCUT2D eigenvalue weighted by molar-refractivity contribution is -0.275. The molecule has 184 valence electrons. The van der Waals surface area contributed by atoms with Crippen molar-refractivity contribution in [3.63, 3.8) is 0 Å². The molecule has 1 N–H and O–H groups in total. The number of amides is 1. The fourth-order valence-electron chi connectivity index (χ4n) is 4.60. The number of hydrogen-bond donors (Lipinski definition) is 1. The maximum Gasteiger partial charge on any atom is 0.435 e. The third-order valence-corrected chi connectivity index (χ3v) is 8.28. The van der Waals surface area contributed by atoms with E-state index in [4.69, 9.17) is 28.0 Å². The molecule has 1 atom stereocenters. The minimum absolute atomic E-state index is 0.0508. The maximum atomic E-state index is 14.4. The Kier molecular flexibility index (Phi) is 7.23. The standard InChI is InChI=1S/C24H25Cl2F3N2O2S/c1-3-16(4-2)30-22(32)21-18-8-6-5-7-17(18)20(34-21)19-12-23(33-31-19,24(27,28)29)13-9-14(25)11-15(26)10-13/h9-11,16H,3-8,12H2,1-2H3,(H,30,32). The van der Waals surface area contributed by atoms with E-state index < -0.39 is 18.2 Å². The van der Waals surface area contributed by atoms with E-state index in [9.17, 15) is 18.0 Å². The Bertz CT molecular complexity index is 1110. The molecule has 4 nitrogen and oxygen atoms in total. The molecule has 0 saturated carbocycles. The number of hydrogen-bond acceptors (Lipinski definition) is 4. The van der Waals surface area contributed by atoms with Crippen LogP contribution in [0.25, 0.3) is 0 Å². The number of benzene rings is 1. The number of nitrogens with one attached hydrogen (secondary N) is 1. The molecule has 4 rings (SSSR count). The molecule has 1 unspecified atom stereocenters. The number of rotatable bonds is 6. The first kappa shape index (κ1) is 25.3. The van der Waals surface area contributed by atoms with Gasteiger partial charge in [-0.05, 0) is 67.9 Å². The Labute approximate surface area is 210 Å². The Balaban J connectivity index is 1.73. The number of carbonyl (C=O) groups is 1. The lowest BCUT2D eigenvalue weighted by atomic mass is 9.85. The van der Waals surface area contributed by atoms with Gasteiger partial charge in [0.1, 0.15) is 5.71 Å². The Hall–Kier alpha value is -1.77. The summed E-state index contributed by atoms with van der Waals surface area (Å²) in [6, 6.07) is 3.83. The van der Waals surface area contributed by atoms with Crippen molar-refractivity contribution in [1.29, 1.82) is 0 Å². The third kappa shape index (κ3) is 4.56. The smallest absolute Gasteiger partial charge is 0.374 e. The highest BCUT2D eigenvalue weighted by Crippen LogP contribution is 2.51. The van der Waals surface area contributed by atoms with Crippen LogP contribution in [0.3, 0.4) is 0 Å². The van der Waals surface area contributed by atoms with Gasteiger partial charge in [0.15, 0.2) is 0 Å². The summed E-state index contributed by atoms with van der Waals surface area (Å²) in [5.74, 6) is -0.175. The van der Waals surface area contributed by atoms with Gasteiger partial charge < -0.3 is 10.2 Å². The van der Waals surface area contributed by atoms with Crippen molar-refractivity contribution in [2.45, 2.75) is 76.6 Å². The van der Waals surface area contributed by atoms with Crippen molar-refractivity contribution < 1.29 is 22.8 Å². The van der Waals surface area contributed by atoms with E-state index in [-0.39, 0.29) is 33.3 Å². The van der Waals surface area contributed by atoms with Gasteiger partial charge in [-0.15, -0.1) is 11.3 Å². The van der Waals surface area contributed by atoms with E-state index >= 15 is 0 Å². The maximum absolute atomic E-state index is 14.4. The monoisotopic (exact) mass is 532 g/mol. The summed E-state index contributed by atoms with van der Waals surface area (Å²) in [7, 11) is 0. The Morgan fingerprint density at radius 2 is 1.76 bits per heavy atom. The highest BCUT2D eigenvalue weighted by Gasteiger charge is 2.62. The number of nitrogens with zero attached hydrogens (tertiary/aromatic N) is 1. The van der Waals surface area contributed by atoms with E-state index in [1.807, 2.05) is 13.8 Å². The molecule has 2 heterocycles. The average Bonchev–Trinajstić information content (AvgIpc) is 3.39. The second-order valence-electron chi connectivity index (χ2n) is 8.70. The topological polar surface area (TPSA) is 50.7 Å². The highest BCUT2D eigenvalue weighted by atomic mass is 35.5. The molecule has 0 saturated heterocycles. The summed E-state index contributed by atoms with van der Waals surface area (Å²) >= 11 is 13.2. The zero-order chi connectivity index (χ0) is 24.7. The fraction of sp³-hybridized carbons (Fsp3) is 0.500. The molecule has 0 radical (unpaired) electrons. The van der Waals surface area contributed by atoms with Crippen LogP contribution in [0.4, 0.5) is 13.2 Å². The summed E-state index contributed by atoms with van der Waals surface area (Å²) < 4.78 is 43.2. The molecule has 2 aliphatic rings. The molecule has 0 bridgehead atoms. The summed E-state index contributed by atoms with van der Waals surface area (Å²) in [5, 5.41) is 7.14. The Morgan fingerprint density at radius 3 is 2.35 bits per heavy atom. The molecule has 0 spiro atoms. The molecule has 1 aromatic carbocycles. The number of fused-ring (bicyclic) bond motifs is 1. The van der Waals surface area contributed by atoms with Crippen LogP contribution in [0, 0.1) is 0 Å². The van der Waals surface area contributed by atoms with Crippen LogP contribution in [0.15, 0.2) is 23.4 Å². The number of oxime groups is 1. The molecule has 34 heavy (non-hydrogen) atoms. The van der Waals surface area contributed by atoms with Gasteiger partial charge in [-0.25, -0.2) is 0 Å². The Morgan fingerprint density at radius 1 is 1.15 bits per heavy atom. The molecule has 0 fully saturated rings. The summed E-state index contributed by atoms with van der Waals surface area (Å²) in [5.41, 5.74) is -0.866. The van der Waals surface area contributed by atoms with E-state index in [0.29, 0.717) is 16.2 Å². The van der Waals surface area contributed by atoms with E-state index in [1.54, 1.807) is 0 Å². The van der Waals surface area contributed by atoms with Crippen molar-refractivity contribution in [3.8, 4) is 0 Å². The van der Waals surface area contributed by atoms with Crippen LogP contribution in [0.1, 0.15) is 77.2 Å². The fourth-order valence-corrected chi connectivity index (χ4v) is 6.41. The molecular formula is C24H25Cl2F3N2O2S. The largest absolute Gasteiger partial charge is 0.435 e.